The van der Waals surface area contributed by atoms with Gasteiger partial charge in [-0.3, -0.25) is 4.79 Å². The summed E-state index contributed by atoms with van der Waals surface area (Å²) in [5.41, 5.74) is 3.44. The minimum atomic E-state index is -0.264. The van der Waals surface area contributed by atoms with Gasteiger partial charge in [-0.25, -0.2) is 4.39 Å². The highest BCUT2D eigenvalue weighted by atomic mass is 19.1. The summed E-state index contributed by atoms with van der Waals surface area (Å²) in [6, 6.07) is 8.21. The number of ketones is 1. The van der Waals surface area contributed by atoms with Crippen LogP contribution in [0.1, 0.15) is 35.6 Å². The maximum Gasteiger partial charge on any atom is 0.178 e. The van der Waals surface area contributed by atoms with Gasteiger partial charge >= 0.3 is 0 Å². The molecule has 0 radical (unpaired) electrons. The molecule has 0 amide bonds. The van der Waals surface area contributed by atoms with Crippen LogP contribution in [0.25, 0.3) is 5.69 Å². The molecular weight excluding hydrogens is 279 g/mol. The summed E-state index contributed by atoms with van der Waals surface area (Å²) in [5.74, 6) is 0.335. The Balaban J connectivity index is 2.23. The van der Waals surface area contributed by atoms with Crippen molar-refractivity contribution >= 4 is 5.78 Å². The SMILES string of the molecule is Cc1cc(C(=O)CNCC(C)C)c(C)n1-c1ccc(F)cc1. The summed E-state index contributed by atoms with van der Waals surface area (Å²) in [6.45, 7) is 9.25. The molecule has 1 aromatic heterocycles. The predicted molar refractivity (Wildman–Crippen MR) is 87.2 cm³/mol. The monoisotopic (exact) mass is 302 g/mol. The number of Topliss-reactive ketones (excluding diaryl/α,β-unsaturated/α-hetero) is 1. The van der Waals surface area contributed by atoms with Crippen LogP contribution >= 0.6 is 0 Å². The van der Waals surface area contributed by atoms with Crippen molar-refractivity contribution in [2.45, 2.75) is 27.7 Å². The molecule has 0 aliphatic carbocycles. The highest BCUT2D eigenvalue weighted by molar-refractivity contribution is 5.99. The second-order valence-electron chi connectivity index (χ2n) is 6.04. The van der Waals surface area contributed by atoms with Crippen LogP contribution in [0.4, 0.5) is 4.39 Å². The van der Waals surface area contributed by atoms with Gasteiger partial charge in [-0.05, 0) is 56.6 Å². The third kappa shape index (κ3) is 3.63. The summed E-state index contributed by atoms with van der Waals surface area (Å²) >= 11 is 0. The van der Waals surface area contributed by atoms with E-state index in [0.29, 0.717) is 12.5 Å². The molecule has 4 heteroatoms. The van der Waals surface area contributed by atoms with Crippen molar-refractivity contribution in [2.75, 3.05) is 13.1 Å². The fourth-order valence-corrected chi connectivity index (χ4v) is 2.60. The first kappa shape index (κ1) is 16.4. The van der Waals surface area contributed by atoms with Gasteiger partial charge in [-0.2, -0.15) is 0 Å². The van der Waals surface area contributed by atoms with E-state index in [-0.39, 0.29) is 11.6 Å². The van der Waals surface area contributed by atoms with E-state index in [1.807, 2.05) is 24.5 Å². The zero-order chi connectivity index (χ0) is 16.3. The Morgan fingerprint density at radius 2 is 1.86 bits per heavy atom. The minimum Gasteiger partial charge on any atom is -0.318 e. The van der Waals surface area contributed by atoms with Gasteiger partial charge in [-0.15, -0.1) is 0 Å². The van der Waals surface area contributed by atoms with Crippen molar-refractivity contribution in [1.29, 1.82) is 0 Å². The Morgan fingerprint density at radius 1 is 1.23 bits per heavy atom. The first-order valence-corrected chi connectivity index (χ1v) is 7.59. The smallest absolute Gasteiger partial charge is 0.178 e. The van der Waals surface area contributed by atoms with Crippen LogP contribution in [0, 0.1) is 25.6 Å². The normalized spacial score (nSPS) is 11.2. The lowest BCUT2D eigenvalue weighted by Gasteiger charge is -2.10. The van der Waals surface area contributed by atoms with E-state index < -0.39 is 0 Å². The van der Waals surface area contributed by atoms with Gasteiger partial charge in [0.2, 0.25) is 0 Å². The average molecular weight is 302 g/mol. The van der Waals surface area contributed by atoms with Gasteiger partial charge in [0.05, 0.1) is 6.54 Å². The van der Waals surface area contributed by atoms with Crippen molar-refractivity contribution in [3.63, 3.8) is 0 Å². The molecule has 0 unspecified atom stereocenters. The van der Waals surface area contributed by atoms with Crippen LogP contribution in [0.15, 0.2) is 30.3 Å². The third-order valence-corrected chi connectivity index (χ3v) is 3.65. The van der Waals surface area contributed by atoms with E-state index in [1.165, 1.54) is 12.1 Å². The molecule has 1 heterocycles. The van der Waals surface area contributed by atoms with Crippen molar-refractivity contribution in [1.82, 2.24) is 9.88 Å². The molecule has 0 fully saturated rings. The second-order valence-corrected chi connectivity index (χ2v) is 6.04. The lowest BCUT2D eigenvalue weighted by Crippen LogP contribution is -2.26. The molecule has 0 spiro atoms. The summed E-state index contributed by atoms with van der Waals surface area (Å²) in [6.07, 6.45) is 0. The molecule has 0 atom stereocenters. The molecule has 118 valence electrons. The lowest BCUT2D eigenvalue weighted by atomic mass is 10.1. The van der Waals surface area contributed by atoms with Crippen LogP contribution in [0.2, 0.25) is 0 Å². The average Bonchev–Trinajstić information content (AvgIpc) is 2.75. The molecular formula is C18H23FN2O. The number of hydrogen-bond acceptors (Lipinski definition) is 2. The molecule has 0 aliphatic heterocycles. The van der Waals surface area contributed by atoms with Gasteiger partial charge in [0.25, 0.3) is 0 Å². The minimum absolute atomic E-state index is 0.0853. The molecule has 22 heavy (non-hydrogen) atoms. The zero-order valence-electron chi connectivity index (χ0n) is 13.6. The van der Waals surface area contributed by atoms with Crippen LogP contribution in [0.3, 0.4) is 0 Å². The molecule has 1 aromatic carbocycles. The molecule has 3 nitrogen and oxygen atoms in total. The number of nitrogens with one attached hydrogen (secondary N) is 1. The molecule has 2 aromatic rings. The third-order valence-electron chi connectivity index (χ3n) is 3.65. The summed E-state index contributed by atoms with van der Waals surface area (Å²) in [4.78, 5) is 12.4. The van der Waals surface area contributed by atoms with Gasteiger partial charge in [0.15, 0.2) is 5.78 Å². The van der Waals surface area contributed by atoms with E-state index in [9.17, 15) is 9.18 Å². The van der Waals surface area contributed by atoms with Crippen LogP contribution in [0.5, 0.6) is 0 Å². The number of nitrogens with zero attached hydrogens (tertiary/aromatic N) is 1. The number of benzene rings is 1. The highest BCUT2D eigenvalue weighted by Gasteiger charge is 2.16. The Bertz CT molecular complexity index is 656. The van der Waals surface area contributed by atoms with Gasteiger partial charge in [-0.1, -0.05) is 13.8 Å². The zero-order valence-corrected chi connectivity index (χ0v) is 13.6. The van der Waals surface area contributed by atoms with Crippen LogP contribution in [-0.2, 0) is 0 Å². The summed E-state index contributed by atoms with van der Waals surface area (Å²) in [7, 11) is 0. The number of halogens is 1. The fourth-order valence-electron chi connectivity index (χ4n) is 2.60. The lowest BCUT2D eigenvalue weighted by molar-refractivity contribution is 0.0990. The van der Waals surface area contributed by atoms with Crippen molar-refractivity contribution in [2.24, 2.45) is 5.92 Å². The molecule has 0 saturated heterocycles. The molecule has 0 bridgehead atoms. The number of rotatable bonds is 6. The van der Waals surface area contributed by atoms with Gasteiger partial charge in [0, 0.05) is 22.6 Å². The quantitative estimate of drug-likeness (QED) is 0.826. The molecule has 0 aliphatic rings. The fraction of sp³-hybridized carbons (Fsp3) is 0.389. The Kier molecular flexibility index (Phi) is 5.14. The first-order valence-electron chi connectivity index (χ1n) is 7.59. The maximum atomic E-state index is 13.1. The standard InChI is InChI=1S/C18H23FN2O/c1-12(2)10-20-11-18(22)17-9-13(3)21(14(17)4)16-7-5-15(19)6-8-16/h5-9,12,20H,10-11H2,1-4H3. The Hall–Kier alpha value is -1.94. The molecule has 0 saturated carbocycles. The van der Waals surface area contributed by atoms with Crippen molar-refractivity contribution < 1.29 is 9.18 Å². The number of carbonyl (C=O) groups excluding carboxylic acids is 1. The van der Waals surface area contributed by atoms with Crippen molar-refractivity contribution in [3.8, 4) is 5.69 Å². The van der Waals surface area contributed by atoms with E-state index in [0.717, 1.165) is 29.2 Å². The summed E-state index contributed by atoms with van der Waals surface area (Å²) < 4.78 is 15.1. The van der Waals surface area contributed by atoms with Crippen LogP contribution in [-0.4, -0.2) is 23.4 Å². The van der Waals surface area contributed by atoms with Crippen molar-refractivity contribution in [3.05, 3.63) is 53.1 Å². The maximum absolute atomic E-state index is 13.1. The van der Waals surface area contributed by atoms with Gasteiger partial charge in [0.1, 0.15) is 5.82 Å². The number of hydrogen-bond donors (Lipinski definition) is 1. The molecule has 2 rings (SSSR count). The first-order chi connectivity index (χ1) is 10.4. The Labute approximate surface area is 131 Å². The van der Waals surface area contributed by atoms with E-state index in [2.05, 4.69) is 19.2 Å². The second kappa shape index (κ2) is 6.88. The largest absolute Gasteiger partial charge is 0.318 e. The van der Waals surface area contributed by atoms with Gasteiger partial charge < -0.3 is 9.88 Å². The topological polar surface area (TPSA) is 34.0 Å². The number of carbonyl (C=O) groups is 1. The number of aromatic nitrogens is 1. The predicted octanol–water partition coefficient (Wildman–Crippen LogP) is 3.66. The van der Waals surface area contributed by atoms with E-state index >= 15 is 0 Å². The highest BCUT2D eigenvalue weighted by Crippen LogP contribution is 2.21. The van der Waals surface area contributed by atoms with Crippen LogP contribution < -0.4 is 5.32 Å². The summed E-state index contributed by atoms with van der Waals surface area (Å²) in [5, 5.41) is 3.18. The molecule has 1 N–H and O–H groups in total. The Morgan fingerprint density at radius 3 is 2.45 bits per heavy atom. The van der Waals surface area contributed by atoms with E-state index in [1.54, 1.807) is 12.1 Å². The van der Waals surface area contributed by atoms with E-state index in [4.69, 9.17) is 0 Å². The number of aryl methyl sites for hydroxylation is 1.